The number of nitrogens with zero attached hydrogens (tertiary/aromatic N) is 3. The molecule has 1 aliphatic carbocycles. The van der Waals surface area contributed by atoms with Crippen LogP contribution in [0.2, 0.25) is 5.15 Å². The molecule has 1 aliphatic rings. The second-order valence-electron chi connectivity index (χ2n) is 5.53. The second-order valence-corrected chi connectivity index (χ2v) is 5.91. The summed E-state index contributed by atoms with van der Waals surface area (Å²) in [6.07, 6.45) is 5.28. The molecule has 21 heavy (non-hydrogen) atoms. The molecule has 0 spiro atoms. The van der Waals surface area contributed by atoms with E-state index in [9.17, 15) is 14.9 Å². The van der Waals surface area contributed by atoms with Crippen molar-refractivity contribution in [2.75, 3.05) is 7.05 Å². The van der Waals surface area contributed by atoms with Gasteiger partial charge < -0.3 is 4.90 Å². The van der Waals surface area contributed by atoms with Crippen molar-refractivity contribution in [1.29, 1.82) is 0 Å². The highest BCUT2D eigenvalue weighted by Gasteiger charge is 2.31. The van der Waals surface area contributed by atoms with E-state index in [0.29, 0.717) is 5.92 Å². The van der Waals surface area contributed by atoms with Gasteiger partial charge >= 0.3 is 0 Å². The van der Waals surface area contributed by atoms with E-state index in [2.05, 4.69) is 11.9 Å². The molecule has 0 aromatic carbocycles. The van der Waals surface area contributed by atoms with Gasteiger partial charge in [0.15, 0.2) is 0 Å². The molecule has 1 aromatic rings. The minimum absolute atomic E-state index is 0.000253. The van der Waals surface area contributed by atoms with Gasteiger partial charge in [-0.1, -0.05) is 31.4 Å². The summed E-state index contributed by atoms with van der Waals surface area (Å²) in [6.45, 7) is 2.11. The molecule has 0 saturated heterocycles. The van der Waals surface area contributed by atoms with Gasteiger partial charge in [0.2, 0.25) is 0 Å². The second kappa shape index (κ2) is 6.39. The molecule has 0 N–H and O–H groups in total. The molecule has 1 aromatic heterocycles. The van der Waals surface area contributed by atoms with Gasteiger partial charge in [0.25, 0.3) is 11.6 Å². The average molecular weight is 312 g/mol. The summed E-state index contributed by atoms with van der Waals surface area (Å²) in [5.41, 5.74) is -0.306. The van der Waals surface area contributed by atoms with Crippen LogP contribution < -0.4 is 0 Å². The van der Waals surface area contributed by atoms with Crippen LogP contribution in [0.5, 0.6) is 0 Å². The molecule has 1 heterocycles. The predicted octanol–water partition coefficient (Wildman–Crippen LogP) is 3.29. The Morgan fingerprint density at radius 2 is 2.14 bits per heavy atom. The first kappa shape index (κ1) is 15.7. The van der Waals surface area contributed by atoms with Crippen LogP contribution in [0.25, 0.3) is 0 Å². The fraction of sp³-hybridized carbons (Fsp3) is 0.571. The third-order valence-corrected chi connectivity index (χ3v) is 4.37. The zero-order chi connectivity index (χ0) is 15.6. The van der Waals surface area contributed by atoms with Crippen LogP contribution in [-0.2, 0) is 0 Å². The smallest absolute Gasteiger partial charge is 0.300 e. The van der Waals surface area contributed by atoms with E-state index in [1.807, 2.05) is 0 Å². The fourth-order valence-electron chi connectivity index (χ4n) is 2.95. The Hall–Kier alpha value is -1.69. The number of carbonyl (C=O) groups excluding carboxylic acids is 1. The van der Waals surface area contributed by atoms with Crippen molar-refractivity contribution in [1.82, 2.24) is 9.88 Å². The minimum atomic E-state index is -0.602. The third kappa shape index (κ3) is 3.32. The number of carbonyl (C=O) groups is 1. The van der Waals surface area contributed by atoms with Gasteiger partial charge in [0.1, 0.15) is 16.9 Å². The number of hydrogen-bond acceptors (Lipinski definition) is 4. The standard InChI is InChI=1S/C14H18ClN3O3/c1-9-5-3-4-6-11(9)17(2)14(19)10-7-13(15)16-8-12(10)18(20)21/h7-9,11H,3-6H2,1-2H3. The maximum Gasteiger partial charge on any atom is 0.300 e. The van der Waals surface area contributed by atoms with Crippen molar-refractivity contribution < 1.29 is 9.72 Å². The summed E-state index contributed by atoms with van der Waals surface area (Å²) >= 11 is 5.78. The number of nitro groups is 1. The van der Waals surface area contributed by atoms with E-state index in [1.165, 1.54) is 12.5 Å². The van der Waals surface area contributed by atoms with Gasteiger partial charge in [-0.05, 0) is 24.8 Å². The van der Waals surface area contributed by atoms with Crippen LogP contribution in [0.4, 0.5) is 5.69 Å². The van der Waals surface area contributed by atoms with Gasteiger partial charge in [0.05, 0.1) is 4.92 Å². The largest absolute Gasteiger partial charge is 0.338 e. The highest BCUT2D eigenvalue weighted by Crippen LogP contribution is 2.30. The third-order valence-electron chi connectivity index (χ3n) is 4.16. The molecule has 114 valence electrons. The number of pyridine rings is 1. The zero-order valence-electron chi connectivity index (χ0n) is 12.1. The summed E-state index contributed by atoms with van der Waals surface area (Å²) in [7, 11) is 1.70. The van der Waals surface area contributed by atoms with Gasteiger partial charge in [-0.3, -0.25) is 14.9 Å². The summed E-state index contributed by atoms with van der Waals surface area (Å²) in [5, 5.41) is 11.1. The van der Waals surface area contributed by atoms with Crippen molar-refractivity contribution in [3.63, 3.8) is 0 Å². The number of rotatable bonds is 3. The Bertz CT molecular complexity index is 564. The molecule has 7 heteroatoms. The van der Waals surface area contributed by atoms with Crippen LogP contribution in [0.3, 0.4) is 0 Å². The highest BCUT2D eigenvalue weighted by atomic mass is 35.5. The Morgan fingerprint density at radius 1 is 1.48 bits per heavy atom. The zero-order valence-corrected chi connectivity index (χ0v) is 12.8. The Balaban J connectivity index is 2.30. The van der Waals surface area contributed by atoms with Crippen LogP contribution in [0.15, 0.2) is 12.3 Å². The van der Waals surface area contributed by atoms with E-state index in [-0.39, 0.29) is 28.4 Å². The van der Waals surface area contributed by atoms with Gasteiger partial charge in [-0.15, -0.1) is 0 Å². The maximum absolute atomic E-state index is 12.6. The Labute approximate surface area is 128 Å². The molecule has 2 atom stereocenters. The topological polar surface area (TPSA) is 76.3 Å². The Morgan fingerprint density at radius 3 is 2.76 bits per heavy atom. The lowest BCUT2D eigenvalue weighted by Crippen LogP contribution is -2.42. The molecular weight excluding hydrogens is 294 g/mol. The minimum Gasteiger partial charge on any atom is -0.338 e. The summed E-state index contributed by atoms with van der Waals surface area (Å²) in [5.74, 6) is 0.0221. The van der Waals surface area contributed by atoms with E-state index >= 15 is 0 Å². The normalized spacial score (nSPS) is 21.9. The van der Waals surface area contributed by atoms with E-state index in [1.54, 1.807) is 11.9 Å². The fourth-order valence-corrected chi connectivity index (χ4v) is 3.11. The molecule has 0 aliphatic heterocycles. The predicted molar refractivity (Wildman–Crippen MR) is 79.4 cm³/mol. The highest BCUT2D eigenvalue weighted by molar-refractivity contribution is 6.29. The van der Waals surface area contributed by atoms with Crippen LogP contribution >= 0.6 is 11.6 Å². The first-order chi connectivity index (χ1) is 9.91. The Kier molecular flexibility index (Phi) is 4.77. The lowest BCUT2D eigenvalue weighted by molar-refractivity contribution is -0.385. The summed E-state index contributed by atoms with van der Waals surface area (Å²) in [4.78, 5) is 28.3. The molecule has 1 fully saturated rings. The van der Waals surface area contributed by atoms with Crippen molar-refractivity contribution in [3.05, 3.63) is 33.1 Å². The van der Waals surface area contributed by atoms with Gasteiger partial charge in [0, 0.05) is 13.1 Å². The van der Waals surface area contributed by atoms with Crippen LogP contribution in [0.1, 0.15) is 43.0 Å². The van der Waals surface area contributed by atoms with Gasteiger partial charge in [-0.2, -0.15) is 0 Å². The van der Waals surface area contributed by atoms with Crippen molar-refractivity contribution in [3.8, 4) is 0 Å². The van der Waals surface area contributed by atoms with Crippen LogP contribution in [0, 0.1) is 16.0 Å². The lowest BCUT2D eigenvalue weighted by Gasteiger charge is -2.36. The van der Waals surface area contributed by atoms with E-state index in [0.717, 1.165) is 25.5 Å². The lowest BCUT2D eigenvalue weighted by atomic mass is 9.85. The number of aromatic nitrogens is 1. The molecule has 0 bridgehead atoms. The SMILES string of the molecule is CC1CCCCC1N(C)C(=O)c1cc(Cl)ncc1[N+](=O)[O-]. The number of halogens is 1. The first-order valence-electron chi connectivity index (χ1n) is 6.99. The monoisotopic (exact) mass is 311 g/mol. The van der Waals surface area contributed by atoms with Crippen molar-refractivity contribution in [2.45, 2.75) is 38.6 Å². The molecule has 1 saturated carbocycles. The molecule has 1 amide bonds. The van der Waals surface area contributed by atoms with E-state index in [4.69, 9.17) is 11.6 Å². The van der Waals surface area contributed by atoms with Crippen molar-refractivity contribution in [2.24, 2.45) is 5.92 Å². The summed E-state index contributed by atoms with van der Waals surface area (Å²) < 4.78 is 0. The van der Waals surface area contributed by atoms with E-state index < -0.39 is 4.92 Å². The summed E-state index contributed by atoms with van der Waals surface area (Å²) in [6, 6.07) is 1.38. The first-order valence-corrected chi connectivity index (χ1v) is 7.36. The molecule has 0 radical (unpaired) electrons. The number of amides is 1. The molecule has 2 rings (SSSR count). The quantitative estimate of drug-likeness (QED) is 0.487. The maximum atomic E-state index is 12.6. The molecule has 6 nitrogen and oxygen atoms in total. The number of hydrogen-bond donors (Lipinski definition) is 0. The molecule has 2 unspecified atom stereocenters. The average Bonchev–Trinajstić information content (AvgIpc) is 2.45. The van der Waals surface area contributed by atoms with Crippen LogP contribution in [-0.4, -0.2) is 33.8 Å². The molecular formula is C14H18ClN3O3. The van der Waals surface area contributed by atoms with Crippen molar-refractivity contribution >= 4 is 23.2 Å². The van der Waals surface area contributed by atoms with Gasteiger partial charge in [-0.25, -0.2) is 4.98 Å².